The molecule has 0 aliphatic rings. The third-order valence-corrected chi connectivity index (χ3v) is 2.17. The van der Waals surface area contributed by atoms with E-state index in [0.717, 1.165) is 24.5 Å². The van der Waals surface area contributed by atoms with Crippen molar-refractivity contribution in [3.63, 3.8) is 0 Å². The summed E-state index contributed by atoms with van der Waals surface area (Å²) < 4.78 is 2.00. The van der Waals surface area contributed by atoms with E-state index < -0.39 is 0 Å². The summed E-state index contributed by atoms with van der Waals surface area (Å²) in [5.74, 6) is 0.851. The van der Waals surface area contributed by atoms with Gasteiger partial charge in [0.25, 0.3) is 0 Å². The minimum Gasteiger partial charge on any atom is -0.396 e. The molecule has 0 aliphatic carbocycles. The van der Waals surface area contributed by atoms with E-state index in [9.17, 15) is 0 Å². The van der Waals surface area contributed by atoms with E-state index in [1.54, 1.807) is 12.4 Å². The molecule has 0 spiro atoms. The van der Waals surface area contributed by atoms with Gasteiger partial charge in [0.1, 0.15) is 5.69 Å². The molecule has 2 heterocycles. The minimum atomic E-state index is 0.194. The van der Waals surface area contributed by atoms with Gasteiger partial charge in [-0.05, 0) is 18.6 Å². The number of aromatic nitrogens is 3. The summed E-state index contributed by atoms with van der Waals surface area (Å²) >= 11 is 0. The Morgan fingerprint density at radius 1 is 1.20 bits per heavy atom. The van der Waals surface area contributed by atoms with Crippen LogP contribution in [0.1, 0.15) is 6.42 Å². The van der Waals surface area contributed by atoms with Crippen molar-refractivity contribution >= 4 is 0 Å². The number of rotatable bonds is 4. The lowest BCUT2D eigenvalue weighted by Crippen LogP contribution is -2.02. The Morgan fingerprint density at radius 3 is 2.87 bits per heavy atom. The number of imidazole rings is 1. The zero-order chi connectivity index (χ0) is 10.5. The normalized spacial score (nSPS) is 10.5. The molecule has 0 unspecified atom stereocenters. The molecule has 4 nitrogen and oxygen atoms in total. The highest BCUT2D eigenvalue weighted by molar-refractivity contribution is 5.48. The molecule has 1 N–H and O–H groups in total. The van der Waals surface area contributed by atoms with Gasteiger partial charge in [-0.1, -0.05) is 6.07 Å². The van der Waals surface area contributed by atoms with Crippen LogP contribution in [-0.2, 0) is 6.54 Å². The van der Waals surface area contributed by atoms with Crippen molar-refractivity contribution in [1.82, 2.24) is 14.5 Å². The van der Waals surface area contributed by atoms with Gasteiger partial charge in [-0.3, -0.25) is 4.98 Å². The maximum absolute atomic E-state index is 8.78. The molecule has 2 aromatic heterocycles. The Labute approximate surface area is 88.2 Å². The van der Waals surface area contributed by atoms with Gasteiger partial charge in [0.05, 0.1) is 0 Å². The number of hydrogen-bond acceptors (Lipinski definition) is 3. The number of aryl methyl sites for hydroxylation is 1. The maximum atomic E-state index is 8.78. The first-order valence-electron chi connectivity index (χ1n) is 4.95. The van der Waals surface area contributed by atoms with E-state index in [1.165, 1.54) is 0 Å². The van der Waals surface area contributed by atoms with Gasteiger partial charge >= 0.3 is 0 Å². The molecule has 0 radical (unpaired) electrons. The average molecular weight is 203 g/mol. The van der Waals surface area contributed by atoms with E-state index in [2.05, 4.69) is 9.97 Å². The van der Waals surface area contributed by atoms with Crippen molar-refractivity contribution < 1.29 is 5.11 Å². The fraction of sp³-hybridized carbons (Fsp3) is 0.273. The fourth-order valence-corrected chi connectivity index (χ4v) is 1.46. The summed E-state index contributed by atoms with van der Waals surface area (Å²) in [6.45, 7) is 0.961. The first-order valence-corrected chi connectivity index (χ1v) is 4.95. The van der Waals surface area contributed by atoms with Crippen molar-refractivity contribution in [2.24, 2.45) is 0 Å². The number of pyridine rings is 1. The van der Waals surface area contributed by atoms with Gasteiger partial charge in [0.15, 0.2) is 5.82 Å². The number of aliphatic hydroxyl groups excluding tert-OH is 1. The lowest BCUT2D eigenvalue weighted by molar-refractivity contribution is 0.280. The van der Waals surface area contributed by atoms with Crippen LogP contribution in [0.5, 0.6) is 0 Å². The third kappa shape index (κ3) is 2.22. The SMILES string of the molecule is OCCCn1ccnc1-c1ccccn1. The molecule has 0 bridgehead atoms. The summed E-state index contributed by atoms with van der Waals surface area (Å²) in [6, 6.07) is 5.75. The second kappa shape index (κ2) is 4.70. The zero-order valence-corrected chi connectivity index (χ0v) is 8.37. The predicted octanol–water partition coefficient (Wildman–Crippen LogP) is 1.33. The molecule has 0 saturated carbocycles. The van der Waals surface area contributed by atoms with E-state index >= 15 is 0 Å². The van der Waals surface area contributed by atoms with Crippen molar-refractivity contribution in [3.05, 3.63) is 36.8 Å². The van der Waals surface area contributed by atoms with Crippen LogP contribution in [0.3, 0.4) is 0 Å². The van der Waals surface area contributed by atoms with Crippen LogP contribution in [-0.4, -0.2) is 26.2 Å². The molecule has 0 fully saturated rings. The minimum absolute atomic E-state index is 0.194. The summed E-state index contributed by atoms with van der Waals surface area (Å²) in [5.41, 5.74) is 0.862. The van der Waals surface area contributed by atoms with E-state index in [4.69, 9.17) is 5.11 Å². The second-order valence-electron chi connectivity index (χ2n) is 3.24. The molecule has 0 atom stereocenters. The lowest BCUT2D eigenvalue weighted by Gasteiger charge is -2.05. The number of hydrogen-bond donors (Lipinski definition) is 1. The van der Waals surface area contributed by atoms with E-state index in [1.807, 2.05) is 29.0 Å². The molecular weight excluding hydrogens is 190 g/mol. The Hall–Kier alpha value is -1.68. The van der Waals surface area contributed by atoms with Crippen LogP contribution in [0.4, 0.5) is 0 Å². The molecule has 0 aromatic carbocycles. The van der Waals surface area contributed by atoms with Gasteiger partial charge in [-0.25, -0.2) is 4.98 Å². The van der Waals surface area contributed by atoms with Crippen LogP contribution in [0.15, 0.2) is 36.8 Å². The Bertz CT molecular complexity index is 411. The molecule has 0 aliphatic heterocycles. The fourth-order valence-electron chi connectivity index (χ4n) is 1.46. The van der Waals surface area contributed by atoms with Crippen LogP contribution < -0.4 is 0 Å². The van der Waals surface area contributed by atoms with Crippen molar-refractivity contribution in [2.45, 2.75) is 13.0 Å². The highest BCUT2D eigenvalue weighted by Crippen LogP contribution is 2.13. The second-order valence-corrected chi connectivity index (χ2v) is 3.24. The highest BCUT2D eigenvalue weighted by atomic mass is 16.3. The summed E-state index contributed by atoms with van der Waals surface area (Å²) in [4.78, 5) is 8.50. The van der Waals surface area contributed by atoms with Gasteiger partial charge in [0.2, 0.25) is 0 Å². The molecule has 2 rings (SSSR count). The molecule has 0 amide bonds. The first-order chi connectivity index (χ1) is 7.42. The van der Waals surface area contributed by atoms with E-state index in [-0.39, 0.29) is 6.61 Å². The predicted molar refractivity (Wildman–Crippen MR) is 57.2 cm³/mol. The standard InChI is InChI=1S/C11H13N3O/c15-9-3-7-14-8-6-13-11(14)10-4-1-2-5-12-10/h1-2,4-6,8,15H,3,7,9H2. The smallest absolute Gasteiger partial charge is 0.158 e. The highest BCUT2D eigenvalue weighted by Gasteiger charge is 2.05. The van der Waals surface area contributed by atoms with E-state index in [0.29, 0.717) is 0 Å². The van der Waals surface area contributed by atoms with Crippen LogP contribution in [0.25, 0.3) is 11.5 Å². The van der Waals surface area contributed by atoms with Gasteiger partial charge in [0, 0.05) is 31.7 Å². The van der Waals surface area contributed by atoms with Crippen LogP contribution in [0.2, 0.25) is 0 Å². The first kappa shape index (κ1) is 9.86. The molecule has 15 heavy (non-hydrogen) atoms. The average Bonchev–Trinajstić information content (AvgIpc) is 2.75. The maximum Gasteiger partial charge on any atom is 0.158 e. The van der Waals surface area contributed by atoms with Crippen molar-refractivity contribution in [3.8, 4) is 11.5 Å². The largest absolute Gasteiger partial charge is 0.396 e. The Kier molecular flexibility index (Phi) is 3.09. The molecule has 2 aromatic rings. The Balaban J connectivity index is 2.25. The van der Waals surface area contributed by atoms with Crippen LogP contribution >= 0.6 is 0 Å². The molecule has 4 heteroatoms. The van der Waals surface area contributed by atoms with Crippen molar-refractivity contribution in [2.75, 3.05) is 6.61 Å². The monoisotopic (exact) mass is 203 g/mol. The Morgan fingerprint density at radius 2 is 2.13 bits per heavy atom. The van der Waals surface area contributed by atoms with Crippen LogP contribution in [0, 0.1) is 0 Å². The van der Waals surface area contributed by atoms with Gasteiger partial charge in [-0.2, -0.15) is 0 Å². The quantitative estimate of drug-likeness (QED) is 0.815. The van der Waals surface area contributed by atoms with Crippen molar-refractivity contribution in [1.29, 1.82) is 0 Å². The summed E-state index contributed by atoms with van der Waals surface area (Å²) in [7, 11) is 0. The molecular formula is C11H13N3O. The molecule has 0 saturated heterocycles. The summed E-state index contributed by atoms with van der Waals surface area (Å²) in [6.07, 6.45) is 6.14. The van der Waals surface area contributed by atoms with Gasteiger partial charge in [-0.15, -0.1) is 0 Å². The number of aliphatic hydroxyl groups is 1. The summed E-state index contributed by atoms with van der Waals surface area (Å²) in [5, 5.41) is 8.78. The third-order valence-electron chi connectivity index (χ3n) is 2.17. The zero-order valence-electron chi connectivity index (χ0n) is 8.37. The lowest BCUT2D eigenvalue weighted by atomic mass is 10.3. The number of nitrogens with zero attached hydrogens (tertiary/aromatic N) is 3. The molecule has 78 valence electrons. The van der Waals surface area contributed by atoms with Gasteiger partial charge < -0.3 is 9.67 Å². The topological polar surface area (TPSA) is 50.9 Å².